The summed E-state index contributed by atoms with van der Waals surface area (Å²) in [7, 11) is 0. The second kappa shape index (κ2) is 8.41. The van der Waals surface area contributed by atoms with Crippen LogP contribution in [-0.2, 0) is 20.8 Å². The van der Waals surface area contributed by atoms with E-state index >= 15 is 0 Å². The fourth-order valence-electron chi connectivity index (χ4n) is 3.94. The third kappa shape index (κ3) is 4.26. The first-order chi connectivity index (χ1) is 14.9. The Labute approximate surface area is 181 Å². The highest BCUT2D eigenvalue weighted by atomic mass is 16.6. The quantitative estimate of drug-likeness (QED) is 0.705. The fourth-order valence-corrected chi connectivity index (χ4v) is 3.94. The molecule has 0 aliphatic carbocycles. The lowest BCUT2D eigenvalue weighted by Crippen LogP contribution is -2.49. The first kappa shape index (κ1) is 20.9. The topological polar surface area (TPSA) is 77.4 Å². The molecule has 0 radical (unpaired) electrons. The van der Waals surface area contributed by atoms with Gasteiger partial charge in [-0.25, -0.2) is 9.69 Å². The first-order valence-corrected chi connectivity index (χ1v) is 10.4. The minimum atomic E-state index is -0.860. The van der Waals surface area contributed by atoms with Gasteiger partial charge in [-0.15, -0.1) is 0 Å². The predicted molar refractivity (Wildman–Crippen MR) is 115 cm³/mol. The molecule has 0 N–H and O–H groups in total. The average Bonchev–Trinajstić information content (AvgIpc) is 3.32. The van der Waals surface area contributed by atoms with E-state index in [0.717, 1.165) is 16.9 Å². The molecule has 0 saturated carbocycles. The summed E-state index contributed by atoms with van der Waals surface area (Å²) in [5, 5.41) is 4.10. The fraction of sp³-hybridized carbons (Fsp3) is 0.375. The molecule has 0 bridgehead atoms. The van der Waals surface area contributed by atoms with Gasteiger partial charge in [0.1, 0.15) is 11.4 Å². The van der Waals surface area contributed by atoms with Crippen molar-refractivity contribution in [3.63, 3.8) is 0 Å². The van der Waals surface area contributed by atoms with Crippen molar-refractivity contribution in [1.29, 1.82) is 0 Å². The van der Waals surface area contributed by atoms with Crippen molar-refractivity contribution >= 4 is 17.7 Å². The van der Waals surface area contributed by atoms with Gasteiger partial charge in [0, 0.05) is 6.42 Å². The highest BCUT2D eigenvalue weighted by molar-refractivity contribution is 6.06. The Bertz CT molecular complexity index is 985. The van der Waals surface area contributed by atoms with Crippen molar-refractivity contribution in [1.82, 2.24) is 4.90 Å². The standard InChI is InChI=1S/C24H26N2O5/c1-4-29-18-12-10-17(11-13-18)19-15-20(31-25-19)22(27)26-21(24(2,3)30-23(26)28)14-16-8-6-5-7-9-16/h5-13,20-21H,4,14-15H2,1-3H3/t20-,21-/m0/s1. The Kier molecular flexibility index (Phi) is 5.67. The van der Waals surface area contributed by atoms with Gasteiger partial charge in [0.2, 0.25) is 6.10 Å². The number of benzene rings is 2. The van der Waals surface area contributed by atoms with Crippen molar-refractivity contribution in [2.75, 3.05) is 6.61 Å². The summed E-state index contributed by atoms with van der Waals surface area (Å²) in [6.45, 7) is 6.16. The highest BCUT2D eigenvalue weighted by Gasteiger charge is 2.52. The predicted octanol–water partition coefficient (Wildman–Crippen LogP) is 3.95. The Morgan fingerprint density at radius 3 is 2.55 bits per heavy atom. The number of oxime groups is 1. The number of nitrogens with zero attached hydrogens (tertiary/aromatic N) is 2. The SMILES string of the molecule is CCOc1ccc(C2=NO[C@H](C(=O)N3C(=O)OC(C)(C)[C@@H]3Cc3ccccc3)C2)cc1. The van der Waals surface area contributed by atoms with Crippen LogP contribution in [0.15, 0.2) is 59.8 Å². The van der Waals surface area contributed by atoms with Crippen LogP contribution < -0.4 is 4.74 Å². The Morgan fingerprint density at radius 2 is 1.87 bits per heavy atom. The van der Waals surface area contributed by atoms with Gasteiger partial charge in [-0.3, -0.25) is 4.79 Å². The molecule has 2 atom stereocenters. The van der Waals surface area contributed by atoms with E-state index in [1.54, 1.807) is 0 Å². The molecule has 4 rings (SSSR count). The third-order valence-corrected chi connectivity index (χ3v) is 5.61. The maximum atomic E-state index is 13.3. The van der Waals surface area contributed by atoms with Gasteiger partial charge in [0.05, 0.1) is 18.4 Å². The summed E-state index contributed by atoms with van der Waals surface area (Å²) < 4.78 is 11.0. The summed E-state index contributed by atoms with van der Waals surface area (Å²) in [6.07, 6.45) is -0.713. The van der Waals surface area contributed by atoms with Gasteiger partial charge in [-0.1, -0.05) is 35.5 Å². The molecule has 0 aromatic heterocycles. The van der Waals surface area contributed by atoms with E-state index in [4.69, 9.17) is 14.3 Å². The normalized spacial score (nSPS) is 22.0. The maximum Gasteiger partial charge on any atom is 0.417 e. The van der Waals surface area contributed by atoms with Crippen LogP contribution in [0.2, 0.25) is 0 Å². The summed E-state index contributed by atoms with van der Waals surface area (Å²) in [5.74, 6) is 0.338. The molecule has 162 valence electrons. The maximum absolute atomic E-state index is 13.3. The van der Waals surface area contributed by atoms with Gasteiger partial charge in [0.15, 0.2) is 0 Å². The molecule has 7 heteroatoms. The monoisotopic (exact) mass is 422 g/mol. The molecule has 2 aromatic rings. The molecule has 2 heterocycles. The molecule has 1 fully saturated rings. The zero-order chi connectivity index (χ0) is 22.0. The molecule has 2 aromatic carbocycles. The summed E-state index contributed by atoms with van der Waals surface area (Å²) in [6, 6.07) is 16.8. The van der Waals surface area contributed by atoms with Crippen LogP contribution in [0, 0.1) is 0 Å². The second-order valence-electron chi connectivity index (χ2n) is 8.18. The number of cyclic esters (lactones) is 1. The molecule has 2 amide bonds. The zero-order valence-electron chi connectivity index (χ0n) is 17.9. The Balaban J connectivity index is 1.48. The molecule has 7 nitrogen and oxygen atoms in total. The molecule has 31 heavy (non-hydrogen) atoms. The molecule has 0 spiro atoms. The van der Waals surface area contributed by atoms with Gasteiger partial charge < -0.3 is 14.3 Å². The lowest BCUT2D eigenvalue weighted by Gasteiger charge is -2.28. The van der Waals surface area contributed by atoms with Gasteiger partial charge in [-0.2, -0.15) is 0 Å². The van der Waals surface area contributed by atoms with Crippen LogP contribution in [0.25, 0.3) is 0 Å². The van der Waals surface area contributed by atoms with E-state index in [-0.39, 0.29) is 6.42 Å². The van der Waals surface area contributed by atoms with Crippen LogP contribution in [0.5, 0.6) is 5.75 Å². The summed E-state index contributed by atoms with van der Waals surface area (Å²) >= 11 is 0. The largest absolute Gasteiger partial charge is 0.494 e. The summed E-state index contributed by atoms with van der Waals surface area (Å²) in [4.78, 5) is 32.5. The van der Waals surface area contributed by atoms with E-state index in [2.05, 4.69) is 5.16 Å². The highest BCUT2D eigenvalue weighted by Crippen LogP contribution is 2.33. The van der Waals surface area contributed by atoms with Crippen LogP contribution in [0.4, 0.5) is 4.79 Å². The van der Waals surface area contributed by atoms with Crippen LogP contribution in [0.1, 0.15) is 38.3 Å². The number of hydrogen-bond donors (Lipinski definition) is 0. The number of imide groups is 1. The van der Waals surface area contributed by atoms with Crippen molar-refractivity contribution in [3.05, 3.63) is 65.7 Å². The number of rotatable bonds is 6. The van der Waals surface area contributed by atoms with E-state index in [0.29, 0.717) is 18.7 Å². The van der Waals surface area contributed by atoms with Gasteiger partial charge >= 0.3 is 6.09 Å². The Morgan fingerprint density at radius 1 is 1.16 bits per heavy atom. The molecule has 0 unspecified atom stereocenters. The van der Waals surface area contributed by atoms with Crippen molar-refractivity contribution < 1.29 is 23.9 Å². The molecule has 2 aliphatic rings. The van der Waals surface area contributed by atoms with Gasteiger partial charge in [0.25, 0.3) is 5.91 Å². The lowest BCUT2D eigenvalue weighted by atomic mass is 9.91. The number of amides is 2. The van der Waals surface area contributed by atoms with Crippen LogP contribution in [0.3, 0.4) is 0 Å². The molecule has 2 aliphatic heterocycles. The number of ether oxygens (including phenoxy) is 2. The third-order valence-electron chi connectivity index (χ3n) is 5.61. The van der Waals surface area contributed by atoms with Crippen LogP contribution >= 0.6 is 0 Å². The number of carbonyl (C=O) groups is 2. The van der Waals surface area contributed by atoms with E-state index < -0.39 is 29.7 Å². The summed E-state index contributed by atoms with van der Waals surface area (Å²) in [5.41, 5.74) is 1.73. The van der Waals surface area contributed by atoms with Crippen LogP contribution in [-0.4, -0.2) is 47.0 Å². The van der Waals surface area contributed by atoms with Gasteiger partial charge in [-0.05, 0) is 62.6 Å². The second-order valence-corrected chi connectivity index (χ2v) is 8.18. The lowest BCUT2D eigenvalue weighted by molar-refractivity contribution is -0.140. The van der Waals surface area contributed by atoms with Crippen molar-refractivity contribution in [3.8, 4) is 5.75 Å². The van der Waals surface area contributed by atoms with Crippen molar-refractivity contribution in [2.45, 2.75) is 51.4 Å². The van der Waals surface area contributed by atoms with E-state index in [1.807, 2.05) is 75.4 Å². The van der Waals surface area contributed by atoms with E-state index in [1.165, 1.54) is 4.90 Å². The number of hydrogen-bond acceptors (Lipinski definition) is 6. The Hall–Kier alpha value is -3.35. The molecule has 1 saturated heterocycles. The molecular weight excluding hydrogens is 396 g/mol. The van der Waals surface area contributed by atoms with E-state index in [9.17, 15) is 9.59 Å². The smallest absolute Gasteiger partial charge is 0.417 e. The zero-order valence-corrected chi connectivity index (χ0v) is 17.9. The first-order valence-electron chi connectivity index (χ1n) is 10.4. The average molecular weight is 422 g/mol. The minimum absolute atomic E-state index is 0.287. The number of carbonyl (C=O) groups excluding carboxylic acids is 2. The van der Waals surface area contributed by atoms with Crippen molar-refractivity contribution in [2.24, 2.45) is 5.16 Å². The minimum Gasteiger partial charge on any atom is -0.494 e. The molecular formula is C24H26N2O5.